The third kappa shape index (κ3) is 3.57. The minimum atomic E-state index is 0.514. The van der Waals surface area contributed by atoms with Crippen molar-refractivity contribution < 1.29 is 0 Å². The van der Waals surface area contributed by atoms with Crippen LogP contribution in [0.3, 0.4) is 0 Å². The second-order valence-corrected chi connectivity index (χ2v) is 5.31. The first-order valence-corrected chi connectivity index (χ1v) is 6.74. The van der Waals surface area contributed by atoms with Crippen LogP contribution in [0, 0.1) is 0 Å². The highest BCUT2D eigenvalue weighted by atomic mass is 15.2. The molecule has 0 bridgehead atoms. The Bertz CT molecular complexity index is 406. The smallest absolute Gasteiger partial charge is 0.128 e. The van der Waals surface area contributed by atoms with Gasteiger partial charge >= 0.3 is 0 Å². The summed E-state index contributed by atoms with van der Waals surface area (Å²) in [4.78, 5) is 6.89. The minimum absolute atomic E-state index is 0.514. The summed E-state index contributed by atoms with van der Waals surface area (Å²) in [6.45, 7) is 9.48. The fraction of sp³-hybridized carbons (Fsp3) is 0.533. The predicted octanol–water partition coefficient (Wildman–Crippen LogP) is 2.74. The van der Waals surface area contributed by atoms with Gasteiger partial charge in [0.15, 0.2) is 0 Å². The Morgan fingerprint density at radius 2 is 2.22 bits per heavy atom. The lowest BCUT2D eigenvalue weighted by Crippen LogP contribution is -2.29. The summed E-state index contributed by atoms with van der Waals surface area (Å²) >= 11 is 0. The van der Waals surface area contributed by atoms with E-state index in [0.29, 0.717) is 6.04 Å². The second-order valence-electron chi connectivity index (χ2n) is 5.31. The molecule has 1 aromatic rings. The lowest BCUT2D eigenvalue weighted by molar-refractivity contribution is 0.588. The molecule has 0 aliphatic carbocycles. The molecule has 0 spiro atoms. The molecule has 0 saturated heterocycles. The van der Waals surface area contributed by atoms with E-state index in [0.717, 1.165) is 31.9 Å². The first-order valence-electron chi connectivity index (χ1n) is 6.74. The molecule has 98 valence electrons. The van der Waals surface area contributed by atoms with Crippen LogP contribution in [0.1, 0.15) is 32.8 Å². The van der Waals surface area contributed by atoms with Crippen molar-refractivity contribution in [1.29, 1.82) is 0 Å². The molecule has 18 heavy (non-hydrogen) atoms. The zero-order valence-electron chi connectivity index (χ0n) is 11.6. The maximum Gasteiger partial charge on any atom is 0.128 e. The van der Waals surface area contributed by atoms with Crippen molar-refractivity contribution in [3.63, 3.8) is 0 Å². The van der Waals surface area contributed by atoms with Crippen LogP contribution in [0.15, 0.2) is 30.0 Å². The Morgan fingerprint density at radius 1 is 1.39 bits per heavy atom. The first kappa shape index (κ1) is 13.1. The molecule has 1 aromatic heterocycles. The van der Waals surface area contributed by atoms with Crippen LogP contribution in [0.5, 0.6) is 0 Å². The van der Waals surface area contributed by atoms with E-state index in [4.69, 9.17) is 0 Å². The molecule has 1 aliphatic rings. The molecule has 2 heterocycles. The molecule has 1 N–H and O–H groups in total. The summed E-state index contributed by atoms with van der Waals surface area (Å²) in [5.74, 6) is 1.09. The SMILES string of the molecule is CC1=CCN(c2ccc(CNC(C)C)cn2)CC1. The quantitative estimate of drug-likeness (QED) is 0.827. The average Bonchev–Trinajstić information content (AvgIpc) is 2.38. The third-order valence-electron chi connectivity index (χ3n) is 3.28. The van der Waals surface area contributed by atoms with E-state index in [1.54, 1.807) is 0 Å². The molecule has 1 aliphatic heterocycles. The van der Waals surface area contributed by atoms with E-state index in [9.17, 15) is 0 Å². The van der Waals surface area contributed by atoms with Gasteiger partial charge in [-0.2, -0.15) is 0 Å². The molecule has 3 heteroatoms. The number of hydrogen-bond acceptors (Lipinski definition) is 3. The van der Waals surface area contributed by atoms with Crippen LogP contribution < -0.4 is 10.2 Å². The van der Waals surface area contributed by atoms with Crippen LogP contribution in [-0.4, -0.2) is 24.1 Å². The largest absolute Gasteiger partial charge is 0.353 e. The summed E-state index contributed by atoms with van der Waals surface area (Å²) < 4.78 is 0. The first-order chi connectivity index (χ1) is 8.65. The Balaban J connectivity index is 1.95. The highest BCUT2D eigenvalue weighted by Gasteiger charge is 2.10. The standard InChI is InChI=1S/C15H23N3/c1-12(2)16-10-14-4-5-15(17-11-14)18-8-6-13(3)7-9-18/h4-6,11-12,16H,7-10H2,1-3H3. The highest BCUT2D eigenvalue weighted by molar-refractivity contribution is 5.41. The van der Waals surface area contributed by atoms with E-state index in [2.05, 4.69) is 54.2 Å². The van der Waals surface area contributed by atoms with Crippen LogP contribution in [0.2, 0.25) is 0 Å². The van der Waals surface area contributed by atoms with Crippen molar-refractivity contribution in [2.75, 3.05) is 18.0 Å². The lowest BCUT2D eigenvalue weighted by Gasteiger charge is -2.26. The van der Waals surface area contributed by atoms with Gasteiger partial charge < -0.3 is 10.2 Å². The van der Waals surface area contributed by atoms with Crippen LogP contribution >= 0.6 is 0 Å². The van der Waals surface area contributed by atoms with Crippen LogP contribution in [0.25, 0.3) is 0 Å². The predicted molar refractivity (Wildman–Crippen MR) is 76.8 cm³/mol. The molecule has 0 unspecified atom stereocenters. The summed E-state index contributed by atoms with van der Waals surface area (Å²) in [5, 5.41) is 3.40. The van der Waals surface area contributed by atoms with E-state index in [1.807, 2.05) is 6.20 Å². The van der Waals surface area contributed by atoms with Gasteiger partial charge in [0.1, 0.15) is 5.82 Å². The summed E-state index contributed by atoms with van der Waals surface area (Å²) in [6.07, 6.45) is 5.42. The number of hydrogen-bond donors (Lipinski definition) is 1. The number of nitrogens with one attached hydrogen (secondary N) is 1. The number of nitrogens with zero attached hydrogens (tertiary/aromatic N) is 2. The summed E-state index contributed by atoms with van der Waals surface area (Å²) in [7, 11) is 0. The van der Waals surface area contributed by atoms with Crippen molar-refractivity contribution in [3.05, 3.63) is 35.5 Å². The maximum absolute atomic E-state index is 4.56. The number of rotatable bonds is 4. The Labute approximate surface area is 110 Å². The molecule has 0 aromatic carbocycles. The van der Waals surface area contributed by atoms with Crippen molar-refractivity contribution in [2.24, 2.45) is 0 Å². The van der Waals surface area contributed by atoms with Gasteiger partial charge in [0.25, 0.3) is 0 Å². The van der Waals surface area contributed by atoms with Crippen molar-refractivity contribution in [1.82, 2.24) is 10.3 Å². The monoisotopic (exact) mass is 245 g/mol. The van der Waals surface area contributed by atoms with Gasteiger partial charge in [0, 0.05) is 31.9 Å². The molecular weight excluding hydrogens is 222 g/mol. The van der Waals surface area contributed by atoms with E-state index >= 15 is 0 Å². The fourth-order valence-corrected chi connectivity index (χ4v) is 2.01. The number of pyridine rings is 1. The van der Waals surface area contributed by atoms with Gasteiger partial charge in [0.05, 0.1) is 0 Å². The molecule has 0 saturated carbocycles. The third-order valence-corrected chi connectivity index (χ3v) is 3.28. The van der Waals surface area contributed by atoms with Gasteiger partial charge in [-0.1, -0.05) is 31.6 Å². The summed E-state index contributed by atoms with van der Waals surface area (Å²) in [5.41, 5.74) is 2.74. The van der Waals surface area contributed by atoms with Gasteiger partial charge in [-0.3, -0.25) is 0 Å². The van der Waals surface area contributed by atoms with Crippen molar-refractivity contribution >= 4 is 5.82 Å². The van der Waals surface area contributed by atoms with Crippen LogP contribution in [-0.2, 0) is 6.54 Å². The molecular formula is C15H23N3. The number of aromatic nitrogens is 1. The van der Waals surface area contributed by atoms with Crippen LogP contribution in [0.4, 0.5) is 5.82 Å². The zero-order valence-corrected chi connectivity index (χ0v) is 11.6. The van der Waals surface area contributed by atoms with Crippen molar-refractivity contribution in [2.45, 2.75) is 39.8 Å². The fourth-order valence-electron chi connectivity index (χ4n) is 2.01. The molecule has 0 atom stereocenters. The second kappa shape index (κ2) is 6.01. The van der Waals surface area contributed by atoms with Gasteiger partial charge in [0.2, 0.25) is 0 Å². The lowest BCUT2D eigenvalue weighted by atomic mass is 10.1. The maximum atomic E-state index is 4.56. The average molecular weight is 245 g/mol. The van der Waals surface area contributed by atoms with E-state index in [-0.39, 0.29) is 0 Å². The van der Waals surface area contributed by atoms with E-state index in [1.165, 1.54) is 11.1 Å². The zero-order chi connectivity index (χ0) is 13.0. The Morgan fingerprint density at radius 3 is 2.78 bits per heavy atom. The molecule has 2 rings (SSSR count). The Hall–Kier alpha value is -1.35. The Kier molecular flexibility index (Phi) is 4.37. The molecule has 3 nitrogen and oxygen atoms in total. The molecule has 0 fully saturated rings. The van der Waals surface area contributed by atoms with E-state index < -0.39 is 0 Å². The minimum Gasteiger partial charge on any atom is -0.353 e. The molecule has 0 radical (unpaired) electrons. The normalized spacial score (nSPS) is 16.0. The molecule has 0 amide bonds. The summed E-state index contributed by atoms with van der Waals surface area (Å²) in [6, 6.07) is 4.81. The number of anilines is 1. The van der Waals surface area contributed by atoms with Gasteiger partial charge in [-0.05, 0) is 25.0 Å². The van der Waals surface area contributed by atoms with Crippen molar-refractivity contribution in [3.8, 4) is 0 Å². The highest BCUT2D eigenvalue weighted by Crippen LogP contribution is 2.17. The topological polar surface area (TPSA) is 28.2 Å². The van der Waals surface area contributed by atoms with Gasteiger partial charge in [-0.25, -0.2) is 4.98 Å². The van der Waals surface area contributed by atoms with Gasteiger partial charge in [-0.15, -0.1) is 0 Å².